The number of rotatable bonds is 12. The fourth-order valence-corrected chi connectivity index (χ4v) is 14.1. The van der Waals surface area contributed by atoms with Crippen molar-refractivity contribution < 1.29 is 18.9 Å². The number of hydrogen-bond acceptors (Lipinski definition) is 6. The molecule has 6 aromatic carbocycles. The SMILES string of the molecule is CC(C)(C)CC(C)(C)c1ccc(OC2CCCCO2)c(-n2c3cc(C(C)(C)C)ccc3c3ccc(C(C)(C)C)cc32)c1.CC(C)(C)CC(C)(C)c1ccc(OC2CCCCO2)c(I)c1.CC(C)(C)c1ccc2c(c1)[nH]c1cc(C(C)(C)C)ccc12.CN(C)CCN(C)C. The molecule has 2 saturated heterocycles. The molecular weight excluding hydrogens is 1260 g/mol. The van der Waals surface area contributed by atoms with Crippen LogP contribution in [0.5, 0.6) is 11.5 Å². The van der Waals surface area contributed by atoms with Gasteiger partial charge in [-0.25, -0.2) is 0 Å². The molecule has 2 aliphatic rings. The van der Waals surface area contributed by atoms with Gasteiger partial charge in [0.15, 0.2) is 12.6 Å². The van der Waals surface area contributed by atoms with E-state index in [2.05, 4.69) is 332 Å². The van der Waals surface area contributed by atoms with Gasteiger partial charge < -0.3 is 38.3 Å². The van der Waals surface area contributed by atoms with Crippen LogP contribution in [0.3, 0.4) is 0 Å². The number of nitrogens with zero attached hydrogens (tertiary/aromatic N) is 3. The Labute approximate surface area is 578 Å². The fraction of sp³-hybridized carbons (Fsp3) is 0.571. The monoisotopic (exact) mass is 1380 g/mol. The molecule has 0 bridgehead atoms. The summed E-state index contributed by atoms with van der Waals surface area (Å²) in [5, 5.41) is 5.19. The number of aromatic nitrogens is 2. The number of benzene rings is 6. The third-order valence-corrected chi connectivity index (χ3v) is 19.1. The maximum absolute atomic E-state index is 6.73. The standard InChI is InChI=1S/C39H53NO2.C20H25N.C19H29IO2.C6H16N2/c1-36(2,3)25-39(10,11)28-17-20-34(42-35-14-12-13-21-41-35)33(24-28)40-31-22-26(37(4,5)6)15-18-29(31)30-19-16-27(23-32(30)40)38(7,8)9;1-19(2,3)13-7-9-15-16-10-8-14(20(4,5)6)12-18(16)21-17(15)11-13;1-18(2,3)13-19(4,5)14-9-10-16(15(20)12-14)22-17-8-6-7-11-21-17;1-7(2)5-6-8(3)4/h15-20,22-24,35H,12-14,21,25H2,1-11H3;7-12,21H,1-6H3;9-10,12,17H,6-8,11,13H2,1-5H3;5-6H2,1-4H3. The van der Waals surface area contributed by atoms with Gasteiger partial charge in [0.05, 0.1) is 33.5 Å². The first-order valence-electron chi connectivity index (χ1n) is 34.9. The first-order valence-corrected chi connectivity index (χ1v) is 35.9. The van der Waals surface area contributed by atoms with Crippen molar-refractivity contribution >= 4 is 66.2 Å². The van der Waals surface area contributed by atoms with Gasteiger partial charge in [-0.2, -0.15) is 0 Å². The molecule has 0 radical (unpaired) electrons. The summed E-state index contributed by atoms with van der Waals surface area (Å²) in [6.45, 7) is 54.5. The second kappa shape index (κ2) is 29.8. The third kappa shape index (κ3) is 20.8. The van der Waals surface area contributed by atoms with E-state index in [-0.39, 0.29) is 50.5 Å². The Hall–Kier alpha value is -4.91. The van der Waals surface area contributed by atoms with Crippen LogP contribution in [0.25, 0.3) is 49.3 Å². The molecule has 0 amide bonds. The minimum Gasteiger partial charge on any atom is -0.464 e. The Bertz CT molecular complexity index is 3600. The molecule has 0 spiro atoms. The minimum absolute atomic E-state index is 0.00122. The molecule has 0 saturated carbocycles. The van der Waals surface area contributed by atoms with E-state index < -0.39 is 0 Å². The average Bonchev–Trinajstić information content (AvgIpc) is 1.59. The van der Waals surface area contributed by atoms with Crippen LogP contribution in [0, 0.1) is 14.4 Å². The predicted molar refractivity (Wildman–Crippen MR) is 410 cm³/mol. The number of ether oxygens (including phenoxy) is 4. The van der Waals surface area contributed by atoms with Crippen molar-refractivity contribution in [3.8, 4) is 17.2 Å². The van der Waals surface area contributed by atoms with Gasteiger partial charge in [-0.1, -0.05) is 213 Å². The Morgan fingerprint density at radius 2 is 0.763 bits per heavy atom. The lowest BCUT2D eigenvalue weighted by Crippen LogP contribution is -2.26. The second-order valence-electron chi connectivity index (χ2n) is 35.4. The average molecular weight is 1380 g/mol. The van der Waals surface area contributed by atoms with Gasteiger partial charge in [-0.05, 0) is 215 Å². The number of halogens is 1. The second-order valence-corrected chi connectivity index (χ2v) is 36.6. The van der Waals surface area contributed by atoms with Crippen LogP contribution in [0.1, 0.15) is 237 Å². The van der Waals surface area contributed by atoms with Gasteiger partial charge in [0.25, 0.3) is 0 Å². The van der Waals surface area contributed by atoms with Crippen molar-refractivity contribution in [3.63, 3.8) is 0 Å². The summed E-state index contributed by atoms with van der Waals surface area (Å²) in [6, 6.07) is 41.2. The highest BCUT2D eigenvalue weighted by atomic mass is 127. The quantitative estimate of drug-likeness (QED) is 0.123. The van der Waals surface area contributed by atoms with E-state index >= 15 is 0 Å². The predicted octanol–water partition coefficient (Wildman–Crippen LogP) is 22.9. The lowest BCUT2D eigenvalue weighted by molar-refractivity contribution is -0.106. The van der Waals surface area contributed by atoms with E-state index in [1.54, 1.807) is 0 Å². The Morgan fingerprint density at radius 1 is 0.419 bits per heavy atom. The van der Waals surface area contributed by atoms with Crippen molar-refractivity contribution in [2.45, 2.75) is 249 Å². The largest absolute Gasteiger partial charge is 0.464 e. The molecule has 2 aromatic heterocycles. The van der Waals surface area contributed by atoms with Crippen LogP contribution in [-0.2, 0) is 42.0 Å². The van der Waals surface area contributed by atoms with Crippen LogP contribution in [0.2, 0.25) is 0 Å². The summed E-state index contributed by atoms with van der Waals surface area (Å²) in [6.07, 6.45) is 8.45. The van der Waals surface area contributed by atoms with Gasteiger partial charge in [-0.15, -0.1) is 0 Å². The molecule has 2 fully saturated rings. The third-order valence-electron chi connectivity index (χ3n) is 18.3. The molecule has 10 rings (SSSR count). The molecule has 0 aliphatic carbocycles. The smallest absolute Gasteiger partial charge is 0.199 e. The van der Waals surface area contributed by atoms with E-state index in [1.807, 2.05) is 0 Å². The highest BCUT2D eigenvalue weighted by Crippen LogP contribution is 2.45. The number of H-pyrrole nitrogens is 1. The zero-order valence-electron chi connectivity index (χ0n) is 62.9. The van der Waals surface area contributed by atoms with E-state index in [0.717, 1.165) is 88.4 Å². The maximum Gasteiger partial charge on any atom is 0.199 e. The molecule has 510 valence electrons. The molecule has 2 unspecified atom stereocenters. The van der Waals surface area contributed by atoms with E-state index in [1.165, 1.54) is 87.0 Å². The summed E-state index contributed by atoms with van der Waals surface area (Å²) < 4.78 is 28.2. The van der Waals surface area contributed by atoms with Crippen molar-refractivity contribution in [2.24, 2.45) is 10.8 Å². The summed E-state index contributed by atoms with van der Waals surface area (Å²) in [5.74, 6) is 1.83. The zero-order chi connectivity index (χ0) is 69.0. The molecule has 2 aliphatic heterocycles. The van der Waals surface area contributed by atoms with E-state index in [9.17, 15) is 0 Å². The molecule has 8 aromatic rings. The first-order chi connectivity index (χ1) is 42.9. The Kier molecular flexibility index (Phi) is 24.2. The maximum atomic E-state index is 6.73. The Balaban J connectivity index is 0.000000201. The fourth-order valence-electron chi connectivity index (χ4n) is 13.4. The zero-order valence-corrected chi connectivity index (χ0v) is 65.0. The van der Waals surface area contributed by atoms with Crippen LogP contribution in [0.15, 0.2) is 109 Å². The summed E-state index contributed by atoms with van der Waals surface area (Å²) in [5.41, 5.74) is 15.3. The van der Waals surface area contributed by atoms with Gasteiger partial charge >= 0.3 is 0 Å². The molecule has 8 nitrogen and oxygen atoms in total. The number of hydrogen-bond donors (Lipinski definition) is 1. The highest BCUT2D eigenvalue weighted by molar-refractivity contribution is 14.1. The molecule has 93 heavy (non-hydrogen) atoms. The van der Waals surface area contributed by atoms with Crippen molar-refractivity contribution in [3.05, 3.63) is 146 Å². The topological polar surface area (TPSA) is 64.1 Å². The lowest BCUT2D eigenvalue weighted by Gasteiger charge is -2.34. The number of likely N-dealkylation sites (N-methyl/N-ethyl adjacent to an activating group) is 2. The normalized spacial score (nSPS) is 16.5. The minimum atomic E-state index is -0.214. The van der Waals surface area contributed by atoms with Gasteiger partial charge in [0.2, 0.25) is 0 Å². The molecular formula is C84H123IN4O4. The van der Waals surface area contributed by atoms with Crippen molar-refractivity contribution in [1.29, 1.82) is 0 Å². The molecule has 4 heterocycles. The highest BCUT2D eigenvalue weighted by Gasteiger charge is 2.32. The van der Waals surface area contributed by atoms with Gasteiger partial charge in [0.1, 0.15) is 11.5 Å². The van der Waals surface area contributed by atoms with Crippen LogP contribution < -0.4 is 9.47 Å². The van der Waals surface area contributed by atoms with Crippen LogP contribution in [-0.4, -0.2) is 86.4 Å². The lowest BCUT2D eigenvalue weighted by atomic mass is 9.72. The summed E-state index contributed by atoms with van der Waals surface area (Å²) in [4.78, 5) is 7.96. The van der Waals surface area contributed by atoms with Crippen molar-refractivity contribution in [2.75, 3.05) is 54.5 Å². The molecule has 2 atom stereocenters. The number of nitrogens with one attached hydrogen (secondary N) is 1. The van der Waals surface area contributed by atoms with Crippen LogP contribution in [0.4, 0.5) is 0 Å². The van der Waals surface area contributed by atoms with Gasteiger partial charge in [0, 0.05) is 58.5 Å². The van der Waals surface area contributed by atoms with Crippen molar-refractivity contribution in [1.82, 2.24) is 19.4 Å². The number of aromatic amines is 1. The molecule has 9 heteroatoms. The summed E-state index contributed by atoms with van der Waals surface area (Å²) >= 11 is 2.38. The summed E-state index contributed by atoms with van der Waals surface area (Å²) in [7, 11) is 8.35. The van der Waals surface area contributed by atoms with E-state index in [0.29, 0.717) is 5.41 Å². The Morgan fingerprint density at radius 3 is 1.11 bits per heavy atom. The number of fused-ring (bicyclic) bond motifs is 6. The van der Waals surface area contributed by atoms with E-state index in [4.69, 9.17) is 18.9 Å². The first kappa shape index (κ1) is 75.5. The molecule has 1 N–H and O–H groups in total. The van der Waals surface area contributed by atoms with Crippen LogP contribution >= 0.6 is 22.6 Å². The van der Waals surface area contributed by atoms with Gasteiger partial charge in [-0.3, -0.25) is 0 Å².